The fourth-order valence-electron chi connectivity index (χ4n) is 0.967. The molecule has 0 radical (unpaired) electrons. The molecule has 3 N–H and O–H groups in total. The van der Waals surface area contributed by atoms with Crippen molar-refractivity contribution in [2.24, 2.45) is 5.73 Å². The molecule has 2 nitrogen and oxygen atoms in total. The van der Waals surface area contributed by atoms with Crippen molar-refractivity contribution in [2.75, 3.05) is 0 Å². The number of hydrogen-bond acceptors (Lipinski definition) is 2. The highest BCUT2D eigenvalue weighted by Crippen LogP contribution is 2.32. The van der Waals surface area contributed by atoms with Gasteiger partial charge >= 0.3 is 0 Å². The lowest BCUT2D eigenvalue weighted by molar-refractivity contribution is 0.459. The van der Waals surface area contributed by atoms with Gasteiger partial charge in [-0.25, -0.2) is 4.39 Å². The normalized spacial score (nSPS) is 11.6. The Kier molecular flexibility index (Phi) is 5.12. The summed E-state index contributed by atoms with van der Waals surface area (Å²) >= 11 is 3.01. The van der Waals surface area contributed by atoms with E-state index in [0.29, 0.717) is 10.0 Å². The number of phenols is 1. The molecule has 0 fully saturated rings. The Hall–Kier alpha value is -0.580. The minimum absolute atomic E-state index is 0. The van der Waals surface area contributed by atoms with Crippen molar-refractivity contribution < 1.29 is 9.50 Å². The van der Waals surface area contributed by atoms with Crippen LogP contribution in [0.3, 0.4) is 0 Å². The molecule has 0 aliphatic carbocycles. The number of nitrogens with two attached hydrogens (primary N) is 1. The van der Waals surface area contributed by atoms with Crippen LogP contribution in [-0.4, -0.2) is 5.11 Å². The van der Waals surface area contributed by atoms with Gasteiger partial charge in [-0.15, -0.1) is 19.0 Å². The molecule has 1 rings (SSSR count). The summed E-state index contributed by atoms with van der Waals surface area (Å²) < 4.78 is 13.2. The highest BCUT2D eigenvalue weighted by molar-refractivity contribution is 9.10. The van der Waals surface area contributed by atoms with Crippen LogP contribution < -0.4 is 5.73 Å². The van der Waals surface area contributed by atoms with Gasteiger partial charge in [0.1, 0.15) is 11.6 Å². The van der Waals surface area contributed by atoms with E-state index in [9.17, 15) is 9.50 Å². The molecular weight excluding hydrogens is 272 g/mol. The first-order chi connectivity index (χ1) is 6.06. The van der Waals surface area contributed by atoms with Crippen molar-refractivity contribution in [3.63, 3.8) is 0 Å². The van der Waals surface area contributed by atoms with Crippen LogP contribution >= 0.6 is 28.3 Å². The zero-order valence-electron chi connectivity index (χ0n) is 7.21. The molecule has 14 heavy (non-hydrogen) atoms. The second-order valence-electron chi connectivity index (χ2n) is 2.59. The molecule has 0 spiro atoms. The van der Waals surface area contributed by atoms with Gasteiger partial charge in [-0.2, -0.15) is 0 Å². The number of phenolic OH excluding ortho intramolecular Hbond substituents is 1. The van der Waals surface area contributed by atoms with Gasteiger partial charge < -0.3 is 10.8 Å². The third-order valence-corrected chi connectivity index (χ3v) is 2.28. The van der Waals surface area contributed by atoms with E-state index in [1.807, 2.05) is 0 Å². The quantitative estimate of drug-likeness (QED) is 0.819. The molecule has 0 bridgehead atoms. The minimum Gasteiger partial charge on any atom is -0.506 e. The Labute approximate surface area is 96.2 Å². The zero-order chi connectivity index (χ0) is 10.0. The molecule has 0 aliphatic heterocycles. The molecule has 5 heteroatoms. The van der Waals surface area contributed by atoms with Crippen molar-refractivity contribution in [3.8, 4) is 5.75 Å². The van der Waals surface area contributed by atoms with Gasteiger partial charge in [-0.05, 0) is 28.1 Å². The second-order valence-corrected chi connectivity index (χ2v) is 3.44. The van der Waals surface area contributed by atoms with E-state index >= 15 is 0 Å². The fraction of sp³-hybridized carbons (Fsp3) is 0.111. The maximum atomic E-state index is 12.9. The molecule has 0 unspecified atom stereocenters. The standard InChI is InChI=1S/C9H9BrFNO.ClH/c1-2-8(12)6-3-5(11)4-7(10)9(6)13;/h2-4,8,13H,1,12H2;1H/t8-;/m1./s1. The van der Waals surface area contributed by atoms with Crippen molar-refractivity contribution in [1.29, 1.82) is 0 Å². The number of halogens is 3. The number of hydrogen-bond donors (Lipinski definition) is 2. The molecule has 1 aromatic rings. The lowest BCUT2D eigenvalue weighted by Crippen LogP contribution is -2.07. The average molecular weight is 283 g/mol. The minimum atomic E-state index is -0.563. The van der Waals surface area contributed by atoms with E-state index in [1.54, 1.807) is 0 Å². The predicted molar refractivity (Wildman–Crippen MR) is 60.1 cm³/mol. The van der Waals surface area contributed by atoms with E-state index in [-0.39, 0.29) is 18.2 Å². The Morgan fingerprint density at radius 2 is 2.14 bits per heavy atom. The fourth-order valence-corrected chi connectivity index (χ4v) is 1.41. The SMILES string of the molecule is C=C[C@@H](N)c1cc(F)cc(Br)c1O.Cl. The first-order valence-corrected chi connectivity index (χ1v) is 4.41. The van der Waals surface area contributed by atoms with E-state index < -0.39 is 11.9 Å². The Morgan fingerprint density at radius 3 is 2.64 bits per heavy atom. The first kappa shape index (κ1) is 13.4. The number of rotatable bonds is 2. The zero-order valence-corrected chi connectivity index (χ0v) is 9.61. The Balaban J connectivity index is 0.00000169. The van der Waals surface area contributed by atoms with Crippen LogP contribution in [0.1, 0.15) is 11.6 Å². The van der Waals surface area contributed by atoms with Gasteiger partial charge in [-0.3, -0.25) is 0 Å². The molecule has 0 aliphatic rings. The summed E-state index contributed by atoms with van der Waals surface area (Å²) in [5, 5.41) is 9.48. The number of aromatic hydroxyl groups is 1. The smallest absolute Gasteiger partial charge is 0.135 e. The van der Waals surface area contributed by atoms with Gasteiger partial charge in [0.25, 0.3) is 0 Å². The summed E-state index contributed by atoms with van der Waals surface area (Å²) in [4.78, 5) is 0. The summed E-state index contributed by atoms with van der Waals surface area (Å²) in [5.41, 5.74) is 5.89. The lowest BCUT2D eigenvalue weighted by atomic mass is 10.1. The monoisotopic (exact) mass is 281 g/mol. The van der Waals surface area contributed by atoms with Crippen LogP contribution in [-0.2, 0) is 0 Å². The molecule has 0 saturated carbocycles. The van der Waals surface area contributed by atoms with Crippen molar-refractivity contribution in [2.45, 2.75) is 6.04 Å². The topological polar surface area (TPSA) is 46.2 Å². The Bertz CT molecular complexity index is 346. The molecule has 0 aromatic heterocycles. The molecule has 1 atom stereocenters. The summed E-state index contributed by atoms with van der Waals surface area (Å²) in [6, 6.07) is 1.80. The van der Waals surface area contributed by atoms with Crippen molar-refractivity contribution in [1.82, 2.24) is 0 Å². The van der Waals surface area contributed by atoms with E-state index in [0.717, 1.165) is 0 Å². The highest BCUT2D eigenvalue weighted by atomic mass is 79.9. The molecule has 0 heterocycles. The summed E-state index contributed by atoms with van der Waals surface area (Å²) in [6.45, 7) is 3.46. The van der Waals surface area contributed by atoms with E-state index in [2.05, 4.69) is 22.5 Å². The lowest BCUT2D eigenvalue weighted by Gasteiger charge is -2.10. The van der Waals surface area contributed by atoms with Gasteiger partial charge in [0.05, 0.1) is 10.5 Å². The maximum Gasteiger partial charge on any atom is 0.135 e. The summed E-state index contributed by atoms with van der Waals surface area (Å²) in [5.74, 6) is -0.495. The van der Waals surface area contributed by atoms with Crippen LogP contribution in [0.2, 0.25) is 0 Å². The number of benzene rings is 1. The van der Waals surface area contributed by atoms with E-state index in [4.69, 9.17) is 5.73 Å². The molecule has 78 valence electrons. The largest absolute Gasteiger partial charge is 0.506 e. The van der Waals surface area contributed by atoms with Crippen LogP contribution in [0.25, 0.3) is 0 Å². The summed E-state index contributed by atoms with van der Waals surface area (Å²) in [6.07, 6.45) is 1.43. The third-order valence-electron chi connectivity index (χ3n) is 1.67. The van der Waals surface area contributed by atoms with Crippen LogP contribution in [0.15, 0.2) is 29.3 Å². The van der Waals surface area contributed by atoms with Crippen LogP contribution in [0.4, 0.5) is 4.39 Å². The average Bonchev–Trinajstić information content (AvgIpc) is 2.10. The third kappa shape index (κ3) is 2.70. The van der Waals surface area contributed by atoms with E-state index in [1.165, 1.54) is 18.2 Å². The molecule has 1 aromatic carbocycles. The highest BCUT2D eigenvalue weighted by Gasteiger charge is 2.12. The second kappa shape index (κ2) is 5.34. The van der Waals surface area contributed by atoms with Gasteiger partial charge in [-0.1, -0.05) is 6.08 Å². The molecular formula is C9H10BrClFNO. The van der Waals surface area contributed by atoms with Crippen molar-refractivity contribution in [3.05, 3.63) is 40.6 Å². The molecule has 0 saturated heterocycles. The van der Waals surface area contributed by atoms with Gasteiger partial charge in [0.2, 0.25) is 0 Å². The maximum absolute atomic E-state index is 12.9. The van der Waals surface area contributed by atoms with Crippen LogP contribution in [0.5, 0.6) is 5.75 Å². The first-order valence-electron chi connectivity index (χ1n) is 3.62. The van der Waals surface area contributed by atoms with Crippen molar-refractivity contribution >= 4 is 28.3 Å². The van der Waals surface area contributed by atoms with Crippen LogP contribution in [0, 0.1) is 5.82 Å². The Morgan fingerprint density at radius 1 is 1.57 bits per heavy atom. The summed E-state index contributed by atoms with van der Waals surface area (Å²) in [7, 11) is 0. The van der Waals surface area contributed by atoms with Gasteiger partial charge in [0.15, 0.2) is 0 Å². The molecule has 0 amide bonds. The predicted octanol–water partition coefficient (Wildman–Crippen LogP) is 2.90. The van der Waals surface area contributed by atoms with Gasteiger partial charge in [0, 0.05) is 5.56 Å².